The van der Waals surface area contributed by atoms with Crippen molar-refractivity contribution in [1.29, 1.82) is 0 Å². The van der Waals surface area contributed by atoms with Crippen molar-refractivity contribution in [1.82, 2.24) is 14.8 Å². The number of pyridine rings is 1. The summed E-state index contributed by atoms with van der Waals surface area (Å²) in [6.07, 6.45) is 6.96. The minimum Gasteiger partial charge on any atom is -0.463 e. The molecular weight excluding hydrogens is 348 g/mol. The molecule has 0 amide bonds. The van der Waals surface area contributed by atoms with Gasteiger partial charge in [-0.1, -0.05) is 43.3 Å². The van der Waals surface area contributed by atoms with E-state index in [9.17, 15) is 0 Å². The fourth-order valence-corrected chi connectivity index (χ4v) is 3.82. The van der Waals surface area contributed by atoms with Gasteiger partial charge in [0.25, 0.3) is 0 Å². The van der Waals surface area contributed by atoms with Crippen molar-refractivity contribution in [2.75, 3.05) is 0 Å². The summed E-state index contributed by atoms with van der Waals surface area (Å²) in [6, 6.07) is 18.3. The number of aromatic nitrogens is 3. The van der Waals surface area contributed by atoms with Crippen LogP contribution in [0.2, 0.25) is 0 Å². The topological polar surface area (TPSA) is 56.2 Å². The Kier molecular flexibility index (Phi) is 4.13. The van der Waals surface area contributed by atoms with Crippen LogP contribution in [0.3, 0.4) is 0 Å². The molecule has 4 aromatic rings. The lowest BCUT2D eigenvalue weighted by Crippen LogP contribution is -2.21. The van der Waals surface area contributed by atoms with Crippen LogP contribution in [0.1, 0.15) is 36.4 Å². The van der Waals surface area contributed by atoms with Gasteiger partial charge in [-0.2, -0.15) is 5.10 Å². The number of hydrogen-bond donors (Lipinski definition) is 0. The molecule has 5 heteroatoms. The van der Waals surface area contributed by atoms with Gasteiger partial charge < -0.3 is 4.42 Å². The monoisotopic (exact) mass is 368 g/mol. The van der Waals surface area contributed by atoms with E-state index in [0.29, 0.717) is 6.42 Å². The van der Waals surface area contributed by atoms with Crippen molar-refractivity contribution in [3.8, 4) is 11.1 Å². The van der Waals surface area contributed by atoms with E-state index in [4.69, 9.17) is 14.5 Å². The summed E-state index contributed by atoms with van der Waals surface area (Å²) in [5, 5.41) is 4.97. The summed E-state index contributed by atoms with van der Waals surface area (Å²) < 4.78 is 7.73. The molecule has 1 atom stereocenters. The Hall–Kier alpha value is -3.47. The molecule has 28 heavy (non-hydrogen) atoms. The Morgan fingerprint density at radius 1 is 1.07 bits per heavy atom. The number of furan rings is 1. The minimum absolute atomic E-state index is 0.0315. The third-order valence-electron chi connectivity index (χ3n) is 5.15. The molecule has 5 nitrogen and oxygen atoms in total. The molecule has 0 fully saturated rings. The third kappa shape index (κ3) is 2.76. The highest BCUT2D eigenvalue weighted by Crippen LogP contribution is 2.41. The molecular formula is C23H20N4O. The highest BCUT2D eigenvalue weighted by Gasteiger charge is 2.31. The van der Waals surface area contributed by atoms with Crippen molar-refractivity contribution < 1.29 is 4.42 Å². The number of rotatable bonds is 4. The van der Waals surface area contributed by atoms with Crippen molar-refractivity contribution in [2.24, 2.45) is 4.99 Å². The molecule has 0 saturated heterocycles. The van der Waals surface area contributed by atoms with Crippen molar-refractivity contribution in [3.63, 3.8) is 0 Å². The van der Waals surface area contributed by atoms with E-state index in [2.05, 4.69) is 46.9 Å². The molecule has 1 aromatic carbocycles. The molecule has 0 unspecified atom stereocenters. The van der Waals surface area contributed by atoms with E-state index in [0.717, 1.165) is 46.1 Å². The average Bonchev–Trinajstić information content (AvgIpc) is 3.42. The quantitative estimate of drug-likeness (QED) is 0.496. The van der Waals surface area contributed by atoms with E-state index in [1.54, 1.807) is 12.5 Å². The van der Waals surface area contributed by atoms with E-state index in [1.807, 2.05) is 30.5 Å². The van der Waals surface area contributed by atoms with Crippen molar-refractivity contribution >= 4 is 11.5 Å². The van der Waals surface area contributed by atoms with E-state index >= 15 is 0 Å². The standard InChI is InChI=1S/C23H20N4O/c1-2-18-22(16-8-4-3-5-9-16)23-25-19(21-11-7-13-28-21)14-20(27(23)26-18)17-10-6-12-24-15-17/h3-13,15,20H,2,14H2,1H3/t20-/m1/s1. The number of hydrogen-bond acceptors (Lipinski definition) is 4. The normalized spacial score (nSPS) is 15.9. The number of benzene rings is 1. The molecule has 3 aromatic heterocycles. The predicted molar refractivity (Wildman–Crippen MR) is 109 cm³/mol. The van der Waals surface area contributed by atoms with Crippen LogP contribution in [-0.4, -0.2) is 20.5 Å². The van der Waals surface area contributed by atoms with Crippen LogP contribution in [0.5, 0.6) is 0 Å². The van der Waals surface area contributed by atoms with Gasteiger partial charge in [-0.3, -0.25) is 4.98 Å². The van der Waals surface area contributed by atoms with Gasteiger partial charge in [0.15, 0.2) is 5.82 Å². The second-order valence-electron chi connectivity index (χ2n) is 6.85. The predicted octanol–water partition coefficient (Wildman–Crippen LogP) is 5.21. The first-order valence-electron chi connectivity index (χ1n) is 9.53. The van der Waals surface area contributed by atoms with Gasteiger partial charge >= 0.3 is 0 Å². The van der Waals surface area contributed by atoms with Gasteiger partial charge in [0, 0.05) is 24.4 Å². The first-order chi connectivity index (χ1) is 13.8. The summed E-state index contributed by atoms with van der Waals surface area (Å²) in [7, 11) is 0. The van der Waals surface area contributed by atoms with Crippen LogP contribution in [0.4, 0.5) is 5.82 Å². The third-order valence-corrected chi connectivity index (χ3v) is 5.15. The SMILES string of the molecule is CCc1nn2c(c1-c1ccccc1)N=C(c1ccco1)C[C@@H]2c1cccnc1. The number of fused-ring (bicyclic) bond motifs is 1. The number of nitrogens with zero attached hydrogens (tertiary/aromatic N) is 4. The largest absolute Gasteiger partial charge is 0.463 e. The van der Waals surface area contributed by atoms with Crippen LogP contribution in [0, 0.1) is 0 Å². The molecule has 4 heterocycles. The summed E-state index contributed by atoms with van der Waals surface area (Å²) in [5.74, 6) is 1.69. The van der Waals surface area contributed by atoms with Crippen LogP contribution in [0.25, 0.3) is 11.1 Å². The zero-order valence-corrected chi connectivity index (χ0v) is 15.6. The fourth-order valence-electron chi connectivity index (χ4n) is 3.82. The summed E-state index contributed by atoms with van der Waals surface area (Å²) in [5.41, 5.74) is 5.34. The highest BCUT2D eigenvalue weighted by atomic mass is 16.3. The van der Waals surface area contributed by atoms with Gasteiger partial charge in [0.2, 0.25) is 0 Å². The first kappa shape index (κ1) is 16.7. The van der Waals surface area contributed by atoms with Gasteiger partial charge in [-0.25, -0.2) is 9.67 Å². The average molecular weight is 368 g/mol. The molecule has 1 aliphatic rings. The minimum atomic E-state index is 0.0315. The summed E-state index contributed by atoms with van der Waals surface area (Å²) >= 11 is 0. The van der Waals surface area contributed by atoms with Crippen LogP contribution in [-0.2, 0) is 6.42 Å². The van der Waals surface area contributed by atoms with Gasteiger partial charge in [0.1, 0.15) is 5.76 Å². The Morgan fingerprint density at radius 3 is 2.68 bits per heavy atom. The first-order valence-corrected chi connectivity index (χ1v) is 9.53. The van der Waals surface area contributed by atoms with E-state index < -0.39 is 0 Å². The van der Waals surface area contributed by atoms with Gasteiger partial charge in [-0.15, -0.1) is 0 Å². The van der Waals surface area contributed by atoms with Crippen molar-refractivity contribution in [3.05, 3.63) is 90.3 Å². The molecule has 0 saturated carbocycles. The zero-order chi connectivity index (χ0) is 18.9. The second kappa shape index (κ2) is 6.93. The fraction of sp³-hybridized carbons (Fsp3) is 0.174. The molecule has 0 radical (unpaired) electrons. The lowest BCUT2D eigenvalue weighted by Gasteiger charge is -2.24. The Bertz CT molecular complexity index is 1110. The second-order valence-corrected chi connectivity index (χ2v) is 6.85. The molecule has 0 bridgehead atoms. The molecule has 1 aliphatic heterocycles. The molecule has 0 aliphatic carbocycles. The lowest BCUT2D eigenvalue weighted by atomic mass is 9.98. The maximum atomic E-state index is 5.67. The molecule has 0 N–H and O–H groups in total. The van der Waals surface area contributed by atoms with Gasteiger partial charge in [0.05, 0.1) is 23.7 Å². The molecule has 0 spiro atoms. The smallest absolute Gasteiger partial charge is 0.159 e. The van der Waals surface area contributed by atoms with Crippen LogP contribution < -0.4 is 0 Å². The highest BCUT2D eigenvalue weighted by molar-refractivity contribution is 6.02. The zero-order valence-electron chi connectivity index (χ0n) is 15.6. The van der Waals surface area contributed by atoms with E-state index in [-0.39, 0.29) is 6.04 Å². The van der Waals surface area contributed by atoms with Gasteiger partial charge in [-0.05, 0) is 35.7 Å². The number of aryl methyl sites for hydroxylation is 1. The Morgan fingerprint density at radius 2 is 1.96 bits per heavy atom. The Balaban J connectivity index is 1.75. The maximum absolute atomic E-state index is 5.67. The number of aliphatic imine (C=N–C) groups is 1. The Labute approximate surface area is 163 Å². The maximum Gasteiger partial charge on any atom is 0.159 e. The summed E-state index contributed by atoms with van der Waals surface area (Å²) in [6.45, 7) is 2.14. The van der Waals surface area contributed by atoms with E-state index in [1.165, 1.54) is 0 Å². The van der Waals surface area contributed by atoms with Crippen molar-refractivity contribution in [2.45, 2.75) is 25.8 Å². The molecule has 5 rings (SSSR count). The van der Waals surface area contributed by atoms with Crippen LogP contribution >= 0.6 is 0 Å². The lowest BCUT2D eigenvalue weighted by molar-refractivity contribution is 0.511. The molecule has 138 valence electrons. The summed E-state index contributed by atoms with van der Waals surface area (Å²) in [4.78, 5) is 9.34. The van der Waals surface area contributed by atoms with Crippen LogP contribution in [0.15, 0.2) is 82.7 Å².